The highest BCUT2D eigenvalue weighted by atomic mass is 16.1. The van der Waals surface area contributed by atoms with E-state index in [0.717, 1.165) is 11.3 Å². The number of carbonyl (C=O) groups is 1. The zero-order valence-electron chi connectivity index (χ0n) is 11.1. The van der Waals surface area contributed by atoms with Gasteiger partial charge in [-0.15, -0.1) is 0 Å². The van der Waals surface area contributed by atoms with E-state index < -0.39 is 0 Å². The fourth-order valence-electron chi connectivity index (χ4n) is 1.96. The lowest BCUT2D eigenvalue weighted by atomic mass is 10.0. The van der Waals surface area contributed by atoms with Gasteiger partial charge >= 0.3 is 0 Å². The molecular weight excluding hydrogens is 224 g/mol. The summed E-state index contributed by atoms with van der Waals surface area (Å²) in [6.45, 7) is 4.15. The van der Waals surface area contributed by atoms with Gasteiger partial charge < -0.3 is 0 Å². The van der Waals surface area contributed by atoms with Crippen molar-refractivity contribution in [2.75, 3.05) is 0 Å². The van der Waals surface area contributed by atoms with Crippen molar-refractivity contribution in [1.29, 1.82) is 0 Å². The van der Waals surface area contributed by atoms with Gasteiger partial charge in [-0.2, -0.15) is 5.10 Å². The number of hydrogen-bond acceptors (Lipinski definition) is 2. The number of carbonyl (C=O) groups excluding carboxylic acids is 1. The molecule has 3 nitrogen and oxygen atoms in total. The molecule has 0 N–H and O–H groups in total. The van der Waals surface area contributed by atoms with E-state index in [9.17, 15) is 4.79 Å². The summed E-state index contributed by atoms with van der Waals surface area (Å²) in [7, 11) is 1.86. The third-order valence-corrected chi connectivity index (χ3v) is 3.12. The Kier molecular flexibility index (Phi) is 3.60. The Balaban J connectivity index is 2.00. The summed E-state index contributed by atoms with van der Waals surface area (Å²) in [6, 6.07) is 8.07. The number of Topliss-reactive ketones (excluding diaryl/α,β-unsaturated/α-hetero) is 1. The minimum Gasteiger partial charge on any atom is -0.299 e. The highest BCUT2D eigenvalue weighted by Crippen LogP contribution is 2.11. The number of benzene rings is 1. The van der Waals surface area contributed by atoms with Crippen molar-refractivity contribution in [3.8, 4) is 0 Å². The Morgan fingerprint density at radius 1 is 1.17 bits per heavy atom. The lowest BCUT2D eigenvalue weighted by Crippen LogP contribution is -2.07. The van der Waals surface area contributed by atoms with E-state index >= 15 is 0 Å². The van der Waals surface area contributed by atoms with Crippen molar-refractivity contribution in [3.05, 3.63) is 52.8 Å². The summed E-state index contributed by atoms with van der Waals surface area (Å²) >= 11 is 0. The molecule has 18 heavy (non-hydrogen) atoms. The maximum absolute atomic E-state index is 11.9. The normalized spacial score (nSPS) is 10.6. The molecule has 0 spiro atoms. The lowest BCUT2D eigenvalue weighted by molar-refractivity contribution is -0.117. The first-order valence-electron chi connectivity index (χ1n) is 6.11. The predicted molar refractivity (Wildman–Crippen MR) is 71.5 cm³/mol. The molecule has 0 radical (unpaired) electrons. The van der Waals surface area contributed by atoms with Crippen LogP contribution in [0.5, 0.6) is 0 Å². The largest absolute Gasteiger partial charge is 0.299 e. The molecule has 0 aliphatic carbocycles. The molecule has 2 rings (SSSR count). The van der Waals surface area contributed by atoms with E-state index in [1.54, 1.807) is 4.68 Å². The monoisotopic (exact) mass is 242 g/mol. The first-order chi connectivity index (χ1) is 8.54. The fraction of sp³-hybridized carbons (Fsp3) is 0.333. The van der Waals surface area contributed by atoms with Gasteiger partial charge in [0.25, 0.3) is 0 Å². The molecule has 1 heterocycles. The van der Waals surface area contributed by atoms with Crippen LogP contribution in [0.1, 0.15) is 22.4 Å². The van der Waals surface area contributed by atoms with Crippen LogP contribution in [0.2, 0.25) is 0 Å². The van der Waals surface area contributed by atoms with Crippen LogP contribution in [0.15, 0.2) is 30.5 Å². The number of aromatic nitrogens is 2. The van der Waals surface area contributed by atoms with E-state index in [1.165, 1.54) is 11.1 Å². The molecule has 0 amide bonds. The van der Waals surface area contributed by atoms with Gasteiger partial charge in [-0.1, -0.05) is 18.2 Å². The second-order valence-corrected chi connectivity index (χ2v) is 4.79. The Labute approximate surface area is 107 Å². The standard InChI is InChI=1S/C15H18N2O/c1-11-4-5-13(8-12(11)2)9-15(18)10-14-6-7-17(3)16-14/h4-8H,9-10H2,1-3H3. The van der Waals surface area contributed by atoms with Gasteiger partial charge in [0, 0.05) is 19.7 Å². The van der Waals surface area contributed by atoms with Crippen LogP contribution in [-0.2, 0) is 24.7 Å². The minimum absolute atomic E-state index is 0.206. The van der Waals surface area contributed by atoms with Crippen LogP contribution in [0.3, 0.4) is 0 Å². The molecule has 0 aliphatic rings. The van der Waals surface area contributed by atoms with Gasteiger partial charge in [0.15, 0.2) is 0 Å². The third kappa shape index (κ3) is 3.06. The van der Waals surface area contributed by atoms with E-state index in [1.807, 2.05) is 25.4 Å². The van der Waals surface area contributed by atoms with E-state index in [0.29, 0.717) is 12.8 Å². The van der Waals surface area contributed by atoms with Gasteiger partial charge in [-0.25, -0.2) is 0 Å². The van der Waals surface area contributed by atoms with Gasteiger partial charge in [0.1, 0.15) is 5.78 Å². The number of aryl methyl sites for hydroxylation is 3. The van der Waals surface area contributed by atoms with Crippen LogP contribution >= 0.6 is 0 Å². The number of rotatable bonds is 4. The molecule has 0 atom stereocenters. The lowest BCUT2D eigenvalue weighted by Gasteiger charge is -2.04. The average molecular weight is 242 g/mol. The second kappa shape index (κ2) is 5.17. The van der Waals surface area contributed by atoms with Gasteiger partial charge in [0.2, 0.25) is 0 Å². The molecule has 0 saturated heterocycles. The zero-order valence-corrected chi connectivity index (χ0v) is 11.1. The number of ketones is 1. The summed E-state index contributed by atoms with van der Waals surface area (Å²) in [6.07, 6.45) is 2.75. The molecule has 3 heteroatoms. The fourth-order valence-corrected chi connectivity index (χ4v) is 1.96. The van der Waals surface area contributed by atoms with Crippen LogP contribution in [-0.4, -0.2) is 15.6 Å². The van der Waals surface area contributed by atoms with Crippen molar-refractivity contribution < 1.29 is 4.79 Å². The topological polar surface area (TPSA) is 34.9 Å². The quantitative estimate of drug-likeness (QED) is 0.825. The Bertz CT molecular complexity index is 570. The molecule has 0 bridgehead atoms. The molecule has 0 saturated carbocycles. The van der Waals surface area contributed by atoms with Crippen LogP contribution in [0.4, 0.5) is 0 Å². The van der Waals surface area contributed by atoms with Gasteiger partial charge in [-0.05, 0) is 36.6 Å². The average Bonchev–Trinajstić information content (AvgIpc) is 2.69. The highest BCUT2D eigenvalue weighted by molar-refractivity contribution is 5.82. The third-order valence-electron chi connectivity index (χ3n) is 3.12. The van der Waals surface area contributed by atoms with Crippen LogP contribution in [0, 0.1) is 13.8 Å². The molecule has 94 valence electrons. The van der Waals surface area contributed by atoms with Crippen LogP contribution < -0.4 is 0 Å². The van der Waals surface area contributed by atoms with Crippen molar-refractivity contribution in [2.24, 2.45) is 7.05 Å². The number of hydrogen-bond donors (Lipinski definition) is 0. The Morgan fingerprint density at radius 3 is 2.56 bits per heavy atom. The molecule has 0 unspecified atom stereocenters. The minimum atomic E-state index is 0.206. The van der Waals surface area contributed by atoms with Crippen molar-refractivity contribution in [3.63, 3.8) is 0 Å². The molecular formula is C15H18N2O. The number of nitrogens with zero attached hydrogens (tertiary/aromatic N) is 2. The van der Waals surface area contributed by atoms with E-state index in [-0.39, 0.29) is 5.78 Å². The first-order valence-corrected chi connectivity index (χ1v) is 6.11. The van der Waals surface area contributed by atoms with Gasteiger partial charge in [0.05, 0.1) is 12.1 Å². The Morgan fingerprint density at radius 2 is 1.94 bits per heavy atom. The van der Waals surface area contributed by atoms with Crippen LogP contribution in [0.25, 0.3) is 0 Å². The molecule has 2 aromatic rings. The van der Waals surface area contributed by atoms with Crippen molar-refractivity contribution in [1.82, 2.24) is 9.78 Å². The zero-order chi connectivity index (χ0) is 13.1. The maximum Gasteiger partial charge on any atom is 0.143 e. The molecule has 0 aliphatic heterocycles. The highest BCUT2D eigenvalue weighted by Gasteiger charge is 2.07. The Hall–Kier alpha value is -1.90. The predicted octanol–water partition coefficient (Wildman–Crippen LogP) is 2.39. The van der Waals surface area contributed by atoms with E-state index in [2.05, 4.69) is 31.1 Å². The smallest absolute Gasteiger partial charge is 0.143 e. The molecule has 1 aromatic carbocycles. The van der Waals surface area contributed by atoms with E-state index in [4.69, 9.17) is 0 Å². The van der Waals surface area contributed by atoms with Crippen molar-refractivity contribution >= 4 is 5.78 Å². The van der Waals surface area contributed by atoms with Gasteiger partial charge in [-0.3, -0.25) is 9.48 Å². The maximum atomic E-state index is 11.9. The summed E-state index contributed by atoms with van der Waals surface area (Å²) in [5.41, 5.74) is 4.42. The SMILES string of the molecule is Cc1ccc(CC(=O)Cc2ccn(C)n2)cc1C. The summed E-state index contributed by atoms with van der Waals surface area (Å²) in [5, 5.41) is 4.22. The summed E-state index contributed by atoms with van der Waals surface area (Å²) in [5.74, 6) is 0.206. The first kappa shape index (κ1) is 12.6. The molecule has 1 aromatic heterocycles. The summed E-state index contributed by atoms with van der Waals surface area (Å²) in [4.78, 5) is 11.9. The van der Waals surface area contributed by atoms with Crippen molar-refractivity contribution in [2.45, 2.75) is 26.7 Å². The molecule has 0 fully saturated rings. The summed E-state index contributed by atoms with van der Waals surface area (Å²) < 4.78 is 1.72. The second-order valence-electron chi connectivity index (χ2n) is 4.79.